The largest absolute Gasteiger partial charge is 0.505 e. The molecule has 0 atom stereocenters. The quantitative estimate of drug-likeness (QED) is 0.247. The number of fused-ring (bicyclic) bond motifs is 1. The zero-order valence-electron chi connectivity index (χ0n) is 15.1. The molecule has 0 fully saturated rings. The Kier molecular flexibility index (Phi) is 8.79. The van der Waals surface area contributed by atoms with Crippen LogP contribution < -0.4 is 5.73 Å². The fourth-order valence-corrected chi connectivity index (χ4v) is 3.23. The molecule has 0 aliphatic rings. The number of azo groups is 1. The Balaban J connectivity index is 0.000000487. The van der Waals surface area contributed by atoms with Crippen LogP contribution in [0.2, 0.25) is 0 Å². The van der Waals surface area contributed by atoms with Gasteiger partial charge in [0.25, 0.3) is 10.1 Å². The molecular weight excluding hydrogens is 378 g/mol. The van der Waals surface area contributed by atoms with Gasteiger partial charge in [-0.15, -0.1) is 0 Å². The van der Waals surface area contributed by atoms with Gasteiger partial charge in [0.1, 0.15) is 10.6 Å². The van der Waals surface area contributed by atoms with Crippen LogP contribution in [0.25, 0.3) is 10.8 Å². The number of benzene rings is 2. The summed E-state index contributed by atoms with van der Waals surface area (Å²) in [4.78, 5) is -0.263. The predicted octanol–water partition coefficient (Wildman–Crippen LogP) is 3.87. The molecule has 0 radical (unpaired) electrons. The molecule has 0 aliphatic heterocycles. The summed E-state index contributed by atoms with van der Waals surface area (Å²) in [5, 5.41) is 18.2. The summed E-state index contributed by atoms with van der Waals surface area (Å²) in [6.45, 7) is 2.97. The topological polar surface area (TPSA) is 124 Å². The van der Waals surface area contributed by atoms with Gasteiger partial charge in [-0.3, -0.25) is 4.18 Å². The predicted molar refractivity (Wildman–Crippen MR) is 104 cm³/mol. The molecule has 8 nitrogen and oxygen atoms in total. The van der Waals surface area contributed by atoms with Crippen molar-refractivity contribution in [1.29, 1.82) is 0 Å². The Hall–Kier alpha value is -1.88. The van der Waals surface area contributed by atoms with Gasteiger partial charge in [-0.2, -0.15) is 18.6 Å². The van der Waals surface area contributed by atoms with Crippen LogP contribution in [0.3, 0.4) is 0 Å². The van der Waals surface area contributed by atoms with Gasteiger partial charge in [0.15, 0.2) is 5.75 Å². The van der Waals surface area contributed by atoms with Gasteiger partial charge in [0.2, 0.25) is 0 Å². The third-order valence-corrected chi connectivity index (χ3v) is 4.90. The summed E-state index contributed by atoms with van der Waals surface area (Å²) < 4.78 is 33.2. The van der Waals surface area contributed by atoms with E-state index in [0.29, 0.717) is 16.5 Å². The molecule has 0 saturated heterocycles. The second-order valence-corrected chi connectivity index (χ2v) is 7.18. The van der Waals surface area contributed by atoms with Crippen LogP contribution in [0.1, 0.15) is 13.3 Å². The lowest BCUT2D eigenvalue weighted by Gasteiger charge is -2.11. The molecule has 0 aliphatic carbocycles. The number of phenols is 1. The SMILES string of the molecule is CCCOSC.CN=Nc1c(S(=O)(=O)OC)cc2cccc(N)c2c1O. The lowest BCUT2D eigenvalue weighted by Crippen LogP contribution is -2.03. The number of rotatable bonds is 6. The average Bonchev–Trinajstić information content (AvgIpc) is 2.62. The van der Waals surface area contributed by atoms with E-state index in [1.54, 1.807) is 18.2 Å². The molecule has 10 heteroatoms. The molecule has 0 bridgehead atoms. The van der Waals surface area contributed by atoms with Crippen molar-refractivity contribution >= 4 is 44.3 Å². The summed E-state index contributed by atoms with van der Waals surface area (Å²) in [7, 11) is -1.64. The standard InChI is InChI=1S/C12H13N3O4S.C4H10OS/c1-14-15-11-9(20(17,18)19-2)6-7-4-3-5-8(13)10(7)12(11)16;1-3-4-5-6-2/h3-6,16H,13H2,1-2H3;3-4H2,1-2H3. The zero-order valence-corrected chi connectivity index (χ0v) is 16.7. The first-order valence-corrected chi connectivity index (χ1v) is 10.2. The van der Waals surface area contributed by atoms with E-state index < -0.39 is 10.1 Å². The van der Waals surface area contributed by atoms with Crippen molar-refractivity contribution < 1.29 is 21.9 Å². The van der Waals surface area contributed by atoms with Crippen LogP contribution in [0.5, 0.6) is 5.75 Å². The minimum absolute atomic E-state index is 0.195. The van der Waals surface area contributed by atoms with Crippen LogP contribution in [0.15, 0.2) is 39.4 Å². The van der Waals surface area contributed by atoms with Gasteiger partial charge in [-0.1, -0.05) is 19.1 Å². The molecule has 0 unspecified atom stereocenters. The van der Waals surface area contributed by atoms with Crippen LogP contribution in [0.4, 0.5) is 11.4 Å². The van der Waals surface area contributed by atoms with Crippen molar-refractivity contribution in [2.45, 2.75) is 18.2 Å². The number of nitrogen functional groups attached to an aromatic ring is 1. The molecule has 0 saturated carbocycles. The summed E-state index contributed by atoms with van der Waals surface area (Å²) >= 11 is 1.43. The Morgan fingerprint density at radius 2 is 2.04 bits per heavy atom. The number of anilines is 1. The summed E-state index contributed by atoms with van der Waals surface area (Å²) in [5.74, 6) is -0.346. The van der Waals surface area contributed by atoms with E-state index in [2.05, 4.69) is 21.3 Å². The Bertz CT molecular complexity index is 866. The number of hydrogen-bond acceptors (Lipinski definition) is 9. The molecule has 2 aromatic rings. The summed E-state index contributed by atoms with van der Waals surface area (Å²) in [6.07, 6.45) is 3.04. The lowest BCUT2D eigenvalue weighted by atomic mass is 10.1. The normalized spacial score (nSPS) is 11.5. The van der Waals surface area contributed by atoms with Gasteiger partial charge >= 0.3 is 0 Å². The van der Waals surface area contributed by atoms with E-state index >= 15 is 0 Å². The fourth-order valence-electron chi connectivity index (χ4n) is 2.07. The monoisotopic (exact) mass is 401 g/mol. The highest BCUT2D eigenvalue weighted by Crippen LogP contribution is 2.43. The van der Waals surface area contributed by atoms with Gasteiger partial charge in [0, 0.05) is 24.4 Å². The molecule has 2 aromatic carbocycles. The molecule has 0 aromatic heterocycles. The molecule has 26 heavy (non-hydrogen) atoms. The third-order valence-electron chi connectivity index (χ3n) is 3.20. The Morgan fingerprint density at radius 1 is 1.35 bits per heavy atom. The number of aromatic hydroxyl groups is 1. The van der Waals surface area contributed by atoms with Gasteiger partial charge < -0.3 is 15.0 Å². The second-order valence-electron chi connectivity index (χ2n) is 4.93. The Morgan fingerprint density at radius 3 is 2.54 bits per heavy atom. The first-order valence-electron chi connectivity index (χ1n) is 7.64. The molecule has 144 valence electrons. The van der Waals surface area contributed by atoms with Crippen molar-refractivity contribution in [2.75, 3.05) is 32.8 Å². The molecule has 0 spiro atoms. The van der Waals surface area contributed by atoms with E-state index in [1.807, 2.05) is 6.26 Å². The maximum atomic E-state index is 11.9. The van der Waals surface area contributed by atoms with E-state index in [0.717, 1.165) is 20.1 Å². The number of phenolic OH excluding ortho intramolecular Hbond substituents is 1. The molecule has 0 heterocycles. The Labute approximate surface area is 157 Å². The van der Waals surface area contributed by atoms with E-state index in [1.165, 1.54) is 25.2 Å². The average molecular weight is 402 g/mol. The lowest BCUT2D eigenvalue weighted by molar-refractivity contribution is 0.375. The second kappa shape index (κ2) is 10.3. The molecule has 0 amide bonds. The highest BCUT2D eigenvalue weighted by Gasteiger charge is 2.24. The van der Waals surface area contributed by atoms with Gasteiger partial charge in [0.05, 0.1) is 13.7 Å². The molecule has 3 N–H and O–H groups in total. The van der Waals surface area contributed by atoms with E-state index in [9.17, 15) is 13.5 Å². The van der Waals surface area contributed by atoms with Crippen molar-refractivity contribution in [3.63, 3.8) is 0 Å². The molecule has 2 rings (SSSR count). The summed E-state index contributed by atoms with van der Waals surface area (Å²) in [6, 6.07) is 6.22. The first-order chi connectivity index (χ1) is 12.3. The van der Waals surface area contributed by atoms with Crippen molar-refractivity contribution in [3.05, 3.63) is 24.3 Å². The number of nitrogens with two attached hydrogens (primary N) is 1. The van der Waals surface area contributed by atoms with E-state index in [4.69, 9.17) is 9.92 Å². The highest BCUT2D eigenvalue weighted by atomic mass is 32.2. The van der Waals surface area contributed by atoms with Crippen molar-refractivity contribution in [1.82, 2.24) is 0 Å². The van der Waals surface area contributed by atoms with Crippen LogP contribution >= 0.6 is 12.0 Å². The first kappa shape index (κ1) is 22.2. The van der Waals surface area contributed by atoms with E-state index in [-0.39, 0.29) is 16.3 Å². The maximum absolute atomic E-state index is 11.9. The minimum Gasteiger partial charge on any atom is -0.505 e. The van der Waals surface area contributed by atoms with Gasteiger partial charge in [-0.25, -0.2) is 0 Å². The van der Waals surface area contributed by atoms with Crippen molar-refractivity contribution in [3.8, 4) is 5.75 Å². The maximum Gasteiger partial charge on any atom is 0.299 e. The van der Waals surface area contributed by atoms with Gasteiger partial charge in [-0.05, 0) is 36.0 Å². The fraction of sp³-hybridized carbons (Fsp3) is 0.375. The minimum atomic E-state index is -4.03. The third kappa shape index (κ3) is 5.31. The van der Waals surface area contributed by atoms with Crippen LogP contribution in [0, 0.1) is 0 Å². The number of nitrogens with zero attached hydrogens (tertiary/aromatic N) is 2. The smallest absolute Gasteiger partial charge is 0.299 e. The molecular formula is C16H23N3O5S2. The van der Waals surface area contributed by atoms with Crippen LogP contribution in [-0.2, 0) is 18.5 Å². The van der Waals surface area contributed by atoms with Crippen molar-refractivity contribution in [2.24, 2.45) is 10.2 Å². The van der Waals surface area contributed by atoms with Crippen LogP contribution in [-0.4, -0.2) is 40.5 Å². The highest BCUT2D eigenvalue weighted by molar-refractivity contribution is 7.93. The number of hydrogen-bond donors (Lipinski definition) is 2. The zero-order chi connectivity index (χ0) is 19.7. The summed E-state index contributed by atoms with van der Waals surface area (Å²) in [5.41, 5.74) is 5.92.